The van der Waals surface area contributed by atoms with Crippen molar-refractivity contribution >= 4 is 10.0 Å². The van der Waals surface area contributed by atoms with Crippen molar-refractivity contribution in [3.05, 3.63) is 0 Å². The first-order valence-electron chi connectivity index (χ1n) is 7.82. The number of rotatable bonds is 5. The van der Waals surface area contributed by atoms with E-state index in [1.165, 1.54) is 12.8 Å². The van der Waals surface area contributed by atoms with Crippen LogP contribution in [0.3, 0.4) is 0 Å². The molecule has 118 valence electrons. The second-order valence-electron chi connectivity index (χ2n) is 7.69. The van der Waals surface area contributed by atoms with E-state index in [0.717, 1.165) is 38.5 Å². The van der Waals surface area contributed by atoms with Crippen molar-refractivity contribution in [2.75, 3.05) is 12.4 Å². The van der Waals surface area contributed by atoms with Crippen molar-refractivity contribution in [1.29, 1.82) is 0 Å². The fourth-order valence-electron chi connectivity index (χ4n) is 3.72. The number of hydrogen-bond donors (Lipinski definition) is 1. The predicted octanol–water partition coefficient (Wildman–Crippen LogP) is 2.82. The molecular weight excluding hydrogens is 274 g/mol. The lowest BCUT2D eigenvalue weighted by Gasteiger charge is -2.36. The van der Waals surface area contributed by atoms with Crippen molar-refractivity contribution < 1.29 is 13.2 Å². The lowest BCUT2D eigenvalue weighted by Crippen LogP contribution is -2.37. The molecule has 20 heavy (non-hydrogen) atoms. The molecule has 0 spiro atoms. The highest BCUT2D eigenvalue weighted by molar-refractivity contribution is 7.89. The lowest BCUT2D eigenvalue weighted by molar-refractivity contribution is -0.0328. The first-order valence-corrected chi connectivity index (χ1v) is 9.54. The molecule has 0 atom stereocenters. The smallest absolute Gasteiger partial charge is 0.209 e. The number of primary sulfonamides is 1. The van der Waals surface area contributed by atoms with Gasteiger partial charge in [-0.1, -0.05) is 26.7 Å². The first kappa shape index (κ1) is 16.2. The van der Waals surface area contributed by atoms with Gasteiger partial charge in [0.1, 0.15) is 0 Å². The zero-order valence-corrected chi connectivity index (χ0v) is 13.7. The summed E-state index contributed by atoms with van der Waals surface area (Å²) in [6.45, 7) is 5.18. The minimum Gasteiger partial charge on any atom is -0.378 e. The molecule has 2 aliphatic rings. The standard InChI is InChI=1S/C15H29NO3S/c1-14(2)9-5-13(6-10-14)19-11-15(7-3-4-8-15)12-20(16,17)18/h13H,3-12H2,1-2H3,(H2,16,17,18). The van der Waals surface area contributed by atoms with Gasteiger partial charge in [0.2, 0.25) is 10.0 Å². The van der Waals surface area contributed by atoms with E-state index in [1.807, 2.05) is 0 Å². The number of nitrogens with two attached hydrogens (primary N) is 1. The molecule has 0 heterocycles. The fourth-order valence-corrected chi connectivity index (χ4v) is 4.94. The minimum atomic E-state index is -3.42. The third kappa shape index (κ3) is 4.71. The van der Waals surface area contributed by atoms with Crippen LogP contribution in [0.5, 0.6) is 0 Å². The van der Waals surface area contributed by atoms with Gasteiger partial charge in [0.15, 0.2) is 0 Å². The summed E-state index contributed by atoms with van der Waals surface area (Å²) in [6, 6.07) is 0. The molecule has 0 aliphatic heterocycles. The molecule has 2 aliphatic carbocycles. The van der Waals surface area contributed by atoms with Gasteiger partial charge in [-0.05, 0) is 43.9 Å². The Morgan fingerprint density at radius 1 is 1.10 bits per heavy atom. The average molecular weight is 303 g/mol. The molecule has 0 radical (unpaired) electrons. The summed E-state index contributed by atoms with van der Waals surface area (Å²) in [4.78, 5) is 0. The Bertz CT molecular complexity index is 414. The Morgan fingerprint density at radius 3 is 2.15 bits per heavy atom. The summed E-state index contributed by atoms with van der Waals surface area (Å²) in [5.41, 5.74) is 0.214. The van der Waals surface area contributed by atoms with Gasteiger partial charge in [-0.25, -0.2) is 13.6 Å². The molecule has 2 N–H and O–H groups in total. The van der Waals surface area contributed by atoms with E-state index in [2.05, 4.69) is 13.8 Å². The van der Waals surface area contributed by atoms with Gasteiger partial charge in [0, 0.05) is 5.41 Å². The third-order valence-electron chi connectivity index (χ3n) is 5.08. The summed E-state index contributed by atoms with van der Waals surface area (Å²) in [5.74, 6) is 0.0816. The van der Waals surface area contributed by atoms with Crippen molar-refractivity contribution in [2.45, 2.75) is 71.3 Å². The van der Waals surface area contributed by atoms with Crippen molar-refractivity contribution in [3.8, 4) is 0 Å². The second kappa shape index (κ2) is 5.93. The van der Waals surface area contributed by atoms with Crippen LogP contribution in [0.15, 0.2) is 0 Å². The van der Waals surface area contributed by atoms with Crippen LogP contribution in [-0.2, 0) is 14.8 Å². The Kier molecular flexibility index (Phi) is 4.82. The zero-order valence-electron chi connectivity index (χ0n) is 12.9. The molecule has 0 aromatic carbocycles. The molecule has 2 fully saturated rings. The van der Waals surface area contributed by atoms with Gasteiger partial charge in [-0.2, -0.15) is 0 Å². The second-order valence-corrected chi connectivity index (χ2v) is 9.30. The molecule has 2 saturated carbocycles. The van der Waals surface area contributed by atoms with E-state index in [0.29, 0.717) is 18.1 Å². The van der Waals surface area contributed by atoms with Crippen LogP contribution >= 0.6 is 0 Å². The lowest BCUT2D eigenvalue weighted by atomic mass is 9.76. The maximum Gasteiger partial charge on any atom is 0.209 e. The largest absolute Gasteiger partial charge is 0.378 e. The highest BCUT2D eigenvalue weighted by Gasteiger charge is 2.38. The van der Waals surface area contributed by atoms with Crippen LogP contribution in [0.2, 0.25) is 0 Å². The molecule has 0 amide bonds. The van der Waals surface area contributed by atoms with Crippen LogP contribution in [0.4, 0.5) is 0 Å². The summed E-state index contributed by atoms with van der Waals surface area (Å²) < 4.78 is 29.0. The van der Waals surface area contributed by atoms with E-state index in [-0.39, 0.29) is 11.2 Å². The topological polar surface area (TPSA) is 69.4 Å². The molecule has 0 unspecified atom stereocenters. The maximum atomic E-state index is 11.5. The van der Waals surface area contributed by atoms with Crippen molar-refractivity contribution in [2.24, 2.45) is 16.0 Å². The van der Waals surface area contributed by atoms with Gasteiger partial charge in [-0.3, -0.25) is 0 Å². The van der Waals surface area contributed by atoms with E-state index in [4.69, 9.17) is 9.88 Å². The molecule has 4 nitrogen and oxygen atoms in total. The summed E-state index contributed by atoms with van der Waals surface area (Å²) in [7, 11) is -3.42. The Morgan fingerprint density at radius 2 is 1.65 bits per heavy atom. The van der Waals surface area contributed by atoms with Crippen LogP contribution in [-0.4, -0.2) is 26.9 Å². The third-order valence-corrected chi connectivity index (χ3v) is 6.10. The summed E-state index contributed by atoms with van der Waals surface area (Å²) in [6.07, 6.45) is 8.94. The number of sulfonamides is 1. The highest BCUT2D eigenvalue weighted by Crippen LogP contribution is 2.41. The van der Waals surface area contributed by atoms with Gasteiger partial charge in [0.25, 0.3) is 0 Å². The van der Waals surface area contributed by atoms with E-state index < -0.39 is 10.0 Å². The average Bonchev–Trinajstić information content (AvgIpc) is 2.74. The van der Waals surface area contributed by atoms with Crippen molar-refractivity contribution in [1.82, 2.24) is 0 Å². The quantitative estimate of drug-likeness (QED) is 0.849. The van der Waals surface area contributed by atoms with E-state index >= 15 is 0 Å². The van der Waals surface area contributed by atoms with Crippen molar-refractivity contribution in [3.63, 3.8) is 0 Å². The van der Waals surface area contributed by atoms with Gasteiger partial charge < -0.3 is 4.74 Å². The number of hydrogen-bond acceptors (Lipinski definition) is 3. The van der Waals surface area contributed by atoms with Crippen LogP contribution < -0.4 is 5.14 Å². The highest BCUT2D eigenvalue weighted by atomic mass is 32.2. The molecule has 0 aromatic heterocycles. The normalized spacial score (nSPS) is 26.8. The Hall–Kier alpha value is -0.130. The zero-order chi connectivity index (χ0) is 14.9. The maximum absolute atomic E-state index is 11.5. The van der Waals surface area contributed by atoms with Crippen LogP contribution in [0.1, 0.15) is 65.2 Å². The van der Waals surface area contributed by atoms with Gasteiger partial charge in [0.05, 0.1) is 18.5 Å². The van der Waals surface area contributed by atoms with Crippen LogP contribution in [0.25, 0.3) is 0 Å². The molecule has 5 heteroatoms. The summed E-state index contributed by atoms with van der Waals surface area (Å²) in [5, 5.41) is 5.26. The Balaban J connectivity index is 1.87. The van der Waals surface area contributed by atoms with E-state index in [1.54, 1.807) is 0 Å². The monoisotopic (exact) mass is 303 g/mol. The van der Waals surface area contributed by atoms with Gasteiger partial charge >= 0.3 is 0 Å². The fraction of sp³-hybridized carbons (Fsp3) is 1.00. The molecule has 0 aromatic rings. The number of ether oxygens (including phenoxy) is 1. The van der Waals surface area contributed by atoms with Crippen LogP contribution in [0, 0.1) is 10.8 Å². The Labute approximate surface area is 123 Å². The minimum absolute atomic E-state index is 0.0816. The summed E-state index contributed by atoms with van der Waals surface area (Å²) >= 11 is 0. The van der Waals surface area contributed by atoms with E-state index in [9.17, 15) is 8.42 Å². The van der Waals surface area contributed by atoms with Gasteiger partial charge in [-0.15, -0.1) is 0 Å². The molecular formula is C15H29NO3S. The molecule has 2 rings (SSSR count). The molecule has 0 saturated heterocycles. The predicted molar refractivity (Wildman–Crippen MR) is 80.9 cm³/mol. The molecule has 0 bridgehead atoms. The SMILES string of the molecule is CC1(C)CCC(OCC2(CS(N)(=O)=O)CCCC2)CC1. The first-order chi connectivity index (χ1) is 9.20.